The van der Waals surface area contributed by atoms with Crippen LogP contribution in [0.15, 0.2) is 22.7 Å². The van der Waals surface area contributed by atoms with Crippen LogP contribution in [-0.4, -0.2) is 43.7 Å². The summed E-state index contributed by atoms with van der Waals surface area (Å²) in [7, 11) is 0. The predicted molar refractivity (Wildman–Crippen MR) is 75.4 cm³/mol. The summed E-state index contributed by atoms with van der Waals surface area (Å²) in [6.45, 7) is 1.68. The third-order valence-corrected chi connectivity index (χ3v) is 3.43. The molecule has 2 rings (SSSR count). The first-order valence-electron chi connectivity index (χ1n) is 6.60. The molecule has 0 spiro atoms. The van der Waals surface area contributed by atoms with E-state index < -0.39 is 6.10 Å². The number of hydrogen-bond acceptors (Lipinski definition) is 4. The molecule has 0 unspecified atom stereocenters. The summed E-state index contributed by atoms with van der Waals surface area (Å²) >= 11 is 3.18. The summed E-state index contributed by atoms with van der Waals surface area (Å²) in [6, 6.07) is 4.27. The van der Waals surface area contributed by atoms with Gasteiger partial charge in [0.1, 0.15) is 24.3 Å². The molecule has 0 amide bonds. The van der Waals surface area contributed by atoms with E-state index in [1.165, 1.54) is 12.1 Å². The van der Waals surface area contributed by atoms with Gasteiger partial charge in [0, 0.05) is 23.8 Å². The van der Waals surface area contributed by atoms with Crippen LogP contribution >= 0.6 is 15.9 Å². The second kappa shape index (κ2) is 7.93. The summed E-state index contributed by atoms with van der Waals surface area (Å²) in [5, 5.41) is 9.79. The first-order chi connectivity index (χ1) is 9.63. The van der Waals surface area contributed by atoms with Gasteiger partial charge in [-0.1, -0.05) is 15.9 Å². The summed E-state index contributed by atoms with van der Waals surface area (Å²) in [5.41, 5.74) is 0. The molecule has 0 radical (unpaired) electrons. The minimum atomic E-state index is -0.736. The predicted octanol–water partition coefficient (Wildman–Crippen LogP) is 2.52. The topological polar surface area (TPSA) is 47.9 Å². The van der Waals surface area contributed by atoms with Gasteiger partial charge in [-0.05, 0) is 25.0 Å². The average molecular weight is 349 g/mol. The molecule has 0 aromatic heterocycles. The van der Waals surface area contributed by atoms with Crippen LogP contribution < -0.4 is 4.74 Å². The Hall–Kier alpha value is -0.690. The monoisotopic (exact) mass is 348 g/mol. The van der Waals surface area contributed by atoms with Crippen LogP contribution in [0.4, 0.5) is 4.39 Å². The maximum absolute atomic E-state index is 13.1. The molecule has 1 heterocycles. The van der Waals surface area contributed by atoms with Gasteiger partial charge in [-0.2, -0.15) is 0 Å². The van der Waals surface area contributed by atoms with E-state index >= 15 is 0 Å². The lowest BCUT2D eigenvalue weighted by atomic mass is 10.1. The zero-order valence-electron chi connectivity index (χ0n) is 11.1. The third-order valence-electron chi connectivity index (χ3n) is 2.97. The first-order valence-corrected chi connectivity index (χ1v) is 7.39. The van der Waals surface area contributed by atoms with E-state index in [2.05, 4.69) is 15.9 Å². The van der Waals surface area contributed by atoms with Gasteiger partial charge in [0.05, 0.1) is 12.7 Å². The SMILES string of the molecule is O[C@@H](COc1cc(F)cc(Br)c1)COC1CCOCC1. The van der Waals surface area contributed by atoms with E-state index in [1.54, 1.807) is 6.07 Å². The van der Waals surface area contributed by atoms with Crippen LogP contribution in [0.1, 0.15) is 12.8 Å². The molecule has 1 aliphatic rings. The van der Waals surface area contributed by atoms with Gasteiger partial charge in [-0.3, -0.25) is 0 Å². The van der Waals surface area contributed by atoms with Crippen LogP contribution in [0.5, 0.6) is 5.75 Å². The minimum absolute atomic E-state index is 0.0686. The zero-order chi connectivity index (χ0) is 14.4. The van der Waals surface area contributed by atoms with Crippen LogP contribution in [0.25, 0.3) is 0 Å². The Morgan fingerprint density at radius 2 is 2.05 bits per heavy atom. The highest BCUT2D eigenvalue weighted by Gasteiger charge is 2.16. The molecule has 1 aliphatic heterocycles. The lowest BCUT2D eigenvalue weighted by Gasteiger charge is -2.23. The molecule has 4 nitrogen and oxygen atoms in total. The fourth-order valence-electron chi connectivity index (χ4n) is 1.94. The van der Waals surface area contributed by atoms with E-state index in [-0.39, 0.29) is 25.1 Å². The Morgan fingerprint density at radius 3 is 2.75 bits per heavy atom. The van der Waals surface area contributed by atoms with Gasteiger partial charge in [0.25, 0.3) is 0 Å². The summed E-state index contributed by atoms with van der Waals surface area (Å²) in [6.07, 6.45) is 1.11. The van der Waals surface area contributed by atoms with Crippen molar-refractivity contribution < 1.29 is 23.7 Å². The van der Waals surface area contributed by atoms with Crippen molar-refractivity contribution in [2.45, 2.75) is 25.0 Å². The van der Waals surface area contributed by atoms with Crippen molar-refractivity contribution in [1.29, 1.82) is 0 Å². The van der Waals surface area contributed by atoms with Gasteiger partial charge in [-0.25, -0.2) is 4.39 Å². The molecule has 20 heavy (non-hydrogen) atoms. The highest BCUT2D eigenvalue weighted by Crippen LogP contribution is 2.20. The van der Waals surface area contributed by atoms with Gasteiger partial charge >= 0.3 is 0 Å². The number of aliphatic hydroxyl groups is 1. The van der Waals surface area contributed by atoms with Crippen molar-refractivity contribution in [3.8, 4) is 5.75 Å². The van der Waals surface area contributed by atoms with Crippen molar-refractivity contribution in [2.75, 3.05) is 26.4 Å². The van der Waals surface area contributed by atoms with Crippen molar-refractivity contribution in [3.05, 3.63) is 28.5 Å². The first kappa shape index (κ1) is 15.7. The maximum atomic E-state index is 13.1. The molecule has 1 fully saturated rings. The second-order valence-corrected chi connectivity index (χ2v) is 5.63. The fraction of sp³-hybridized carbons (Fsp3) is 0.571. The van der Waals surface area contributed by atoms with E-state index in [9.17, 15) is 9.50 Å². The second-order valence-electron chi connectivity index (χ2n) is 4.72. The lowest BCUT2D eigenvalue weighted by molar-refractivity contribution is -0.0659. The molecule has 0 bridgehead atoms. The van der Waals surface area contributed by atoms with Crippen LogP contribution in [0.2, 0.25) is 0 Å². The number of rotatable bonds is 6. The average Bonchev–Trinajstić information content (AvgIpc) is 2.43. The highest BCUT2D eigenvalue weighted by atomic mass is 79.9. The van der Waals surface area contributed by atoms with E-state index in [0.717, 1.165) is 12.8 Å². The Balaban J connectivity index is 1.70. The van der Waals surface area contributed by atoms with Crippen molar-refractivity contribution in [3.63, 3.8) is 0 Å². The number of ether oxygens (including phenoxy) is 3. The Bertz CT molecular complexity index is 403. The largest absolute Gasteiger partial charge is 0.491 e. The quantitative estimate of drug-likeness (QED) is 0.858. The number of halogens is 2. The fourth-order valence-corrected chi connectivity index (χ4v) is 2.39. The molecule has 112 valence electrons. The lowest BCUT2D eigenvalue weighted by Crippen LogP contribution is -2.30. The summed E-state index contributed by atoms with van der Waals surface area (Å²) in [5.74, 6) is -0.00990. The molecule has 1 aromatic carbocycles. The highest BCUT2D eigenvalue weighted by molar-refractivity contribution is 9.10. The Morgan fingerprint density at radius 1 is 1.30 bits per heavy atom. The van der Waals surface area contributed by atoms with Crippen LogP contribution in [0, 0.1) is 5.82 Å². The molecule has 1 atom stereocenters. The number of hydrogen-bond donors (Lipinski definition) is 1. The molecular weight excluding hydrogens is 331 g/mol. The molecule has 0 saturated carbocycles. The standard InChI is InChI=1S/C14H18BrFO4/c15-10-5-11(16)7-14(6-10)20-9-12(17)8-19-13-1-3-18-4-2-13/h5-7,12-13,17H,1-4,8-9H2/t12-/m1/s1. The molecule has 1 N–H and O–H groups in total. The van der Waals surface area contributed by atoms with Crippen LogP contribution in [0.3, 0.4) is 0 Å². The van der Waals surface area contributed by atoms with Crippen molar-refractivity contribution in [1.82, 2.24) is 0 Å². The van der Waals surface area contributed by atoms with Gasteiger partial charge in [0.15, 0.2) is 0 Å². The van der Waals surface area contributed by atoms with Crippen LogP contribution in [-0.2, 0) is 9.47 Å². The van der Waals surface area contributed by atoms with E-state index in [4.69, 9.17) is 14.2 Å². The molecular formula is C14H18BrFO4. The summed E-state index contributed by atoms with van der Waals surface area (Å²) in [4.78, 5) is 0. The Kier molecular flexibility index (Phi) is 6.22. The normalized spacial score (nSPS) is 17.9. The zero-order valence-corrected chi connectivity index (χ0v) is 12.6. The summed E-state index contributed by atoms with van der Waals surface area (Å²) < 4.78 is 29.9. The van der Waals surface area contributed by atoms with Crippen molar-refractivity contribution in [2.24, 2.45) is 0 Å². The van der Waals surface area contributed by atoms with Gasteiger partial charge in [0.2, 0.25) is 0 Å². The van der Waals surface area contributed by atoms with Gasteiger partial charge in [-0.15, -0.1) is 0 Å². The molecule has 1 aromatic rings. The molecule has 0 aliphatic carbocycles. The number of benzene rings is 1. The van der Waals surface area contributed by atoms with E-state index in [0.29, 0.717) is 23.4 Å². The van der Waals surface area contributed by atoms with E-state index in [1.807, 2.05) is 0 Å². The number of aliphatic hydroxyl groups excluding tert-OH is 1. The molecule has 1 saturated heterocycles. The smallest absolute Gasteiger partial charge is 0.128 e. The molecule has 6 heteroatoms. The third kappa shape index (κ3) is 5.36. The van der Waals surface area contributed by atoms with Gasteiger partial charge < -0.3 is 19.3 Å². The van der Waals surface area contributed by atoms with Crippen molar-refractivity contribution >= 4 is 15.9 Å². The maximum Gasteiger partial charge on any atom is 0.128 e. The Labute approximate surface area is 126 Å². The minimum Gasteiger partial charge on any atom is -0.491 e.